The monoisotopic (exact) mass is 281 g/mol. The normalized spacial score (nSPS) is 17.1. The number of H-pyrrole nitrogens is 1. The maximum Gasteiger partial charge on any atom is 0.326 e. The van der Waals surface area contributed by atoms with Gasteiger partial charge in [0.2, 0.25) is 0 Å². The number of hydrogen-bond donors (Lipinski definition) is 1. The molecule has 1 aliphatic heterocycles. The zero-order valence-corrected chi connectivity index (χ0v) is 11.3. The summed E-state index contributed by atoms with van der Waals surface area (Å²) >= 11 is 5.99. The number of fused-ring (bicyclic) bond motifs is 1. The number of morpholine rings is 1. The summed E-state index contributed by atoms with van der Waals surface area (Å²) in [5.74, 6) is 0. The zero-order valence-electron chi connectivity index (χ0n) is 10.6. The molecule has 0 unspecified atom stereocenters. The number of rotatable bonds is 3. The van der Waals surface area contributed by atoms with E-state index in [4.69, 9.17) is 16.3 Å². The number of aromatic nitrogens is 2. The van der Waals surface area contributed by atoms with Crippen molar-refractivity contribution in [3.63, 3.8) is 0 Å². The molecule has 5 nitrogen and oxygen atoms in total. The molecular weight excluding hydrogens is 266 g/mol. The predicted octanol–water partition coefficient (Wildman–Crippen LogP) is 1.32. The minimum Gasteiger partial charge on any atom is -0.379 e. The van der Waals surface area contributed by atoms with Crippen LogP contribution in [0.25, 0.3) is 11.0 Å². The van der Waals surface area contributed by atoms with Gasteiger partial charge in [0.25, 0.3) is 0 Å². The first kappa shape index (κ1) is 12.7. The molecule has 2 aromatic rings. The van der Waals surface area contributed by atoms with Gasteiger partial charge in [-0.2, -0.15) is 0 Å². The first-order chi connectivity index (χ1) is 9.24. The van der Waals surface area contributed by atoms with E-state index in [1.165, 1.54) is 0 Å². The Morgan fingerprint density at radius 3 is 2.84 bits per heavy atom. The number of hydrogen-bond acceptors (Lipinski definition) is 3. The van der Waals surface area contributed by atoms with Crippen LogP contribution in [-0.2, 0) is 11.3 Å². The maximum absolute atomic E-state index is 11.9. The lowest BCUT2D eigenvalue weighted by Gasteiger charge is -2.26. The van der Waals surface area contributed by atoms with E-state index >= 15 is 0 Å². The van der Waals surface area contributed by atoms with Crippen molar-refractivity contribution in [1.82, 2.24) is 14.5 Å². The quantitative estimate of drug-likeness (QED) is 0.923. The Labute approximate surface area is 115 Å². The molecule has 0 spiro atoms. The van der Waals surface area contributed by atoms with E-state index in [0.29, 0.717) is 11.6 Å². The third-order valence-electron chi connectivity index (χ3n) is 3.48. The lowest BCUT2D eigenvalue weighted by molar-refractivity contribution is 0.0364. The lowest BCUT2D eigenvalue weighted by atomic mass is 10.3. The SMILES string of the molecule is O=c1[nH]c2ccc(Cl)cc2n1CCN1CCOCC1. The Bertz CT molecular complexity index is 628. The number of aromatic amines is 1. The Morgan fingerprint density at radius 1 is 1.26 bits per heavy atom. The van der Waals surface area contributed by atoms with Crippen LogP contribution >= 0.6 is 11.6 Å². The van der Waals surface area contributed by atoms with E-state index < -0.39 is 0 Å². The molecule has 6 heteroatoms. The third kappa shape index (κ3) is 2.68. The topological polar surface area (TPSA) is 50.3 Å². The van der Waals surface area contributed by atoms with Gasteiger partial charge in [-0.05, 0) is 18.2 Å². The second-order valence-electron chi connectivity index (χ2n) is 4.70. The molecule has 2 heterocycles. The zero-order chi connectivity index (χ0) is 13.2. The van der Waals surface area contributed by atoms with Crippen molar-refractivity contribution in [2.75, 3.05) is 32.8 Å². The van der Waals surface area contributed by atoms with Gasteiger partial charge >= 0.3 is 5.69 Å². The highest BCUT2D eigenvalue weighted by Gasteiger charge is 2.12. The average molecular weight is 282 g/mol. The predicted molar refractivity (Wildman–Crippen MR) is 74.8 cm³/mol. The summed E-state index contributed by atoms with van der Waals surface area (Å²) in [6.45, 7) is 4.92. The van der Waals surface area contributed by atoms with Crippen LogP contribution in [0, 0.1) is 0 Å². The van der Waals surface area contributed by atoms with E-state index in [-0.39, 0.29) is 5.69 Å². The molecule has 0 amide bonds. The number of imidazole rings is 1. The van der Waals surface area contributed by atoms with Crippen LogP contribution in [-0.4, -0.2) is 47.3 Å². The van der Waals surface area contributed by atoms with E-state index in [1.807, 2.05) is 12.1 Å². The molecule has 1 aliphatic rings. The molecule has 1 aromatic heterocycles. The Kier molecular flexibility index (Phi) is 3.59. The van der Waals surface area contributed by atoms with Crippen LogP contribution in [0.5, 0.6) is 0 Å². The number of benzene rings is 1. The van der Waals surface area contributed by atoms with Crippen molar-refractivity contribution in [2.24, 2.45) is 0 Å². The van der Waals surface area contributed by atoms with Gasteiger partial charge in [0.05, 0.1) is 24.2 Å². The fourth-order valence-corrected chi connectivity index (χ4v) is 2.58. The van der Waals surface area contributed by atoms with Crippen LogP contribution in [0.4, 0.5) is 0 Å². The first-order valence-electron chi connectivity index (χ1n) is 6.42. The molecule has 19 heavy (non-hydrogen) atoms. The van der Waals surface area contributed by atoms with Crippen molar-refractivity contribution in [1.29, 1.82) is 0 Å². The van der Waals surface area contributed by atoms with Crippen molar-refractivity contribution < 1.29 is 4.74 Å². The number of halogens is 1. The number of nitrogens with zero attached hydrogens (tertiary/aromatic N) is 2. The van der Waals surface area contributed by atoms with Crippen LogP contribution in [0.3, 0.4) is 0 Å². The van der Waals surface area contributed by atoms with Gasteiger partial charge in [-0.1, -0.05) is 11.6 Å². The summed E-state index contributed by atoms with van der Waals surface area (Å²) in [5, 5.41) is 0.645. The second kappa shape index (κ2) is 5.36. The molecule has 1 aromatic carbocycles. The van der Waals surface area contributed by atoms with Crippen LogP contribution in [0.2, 0.25) is 5.02 Å². The lowest BCUT2D eigenvalue weighted by Crippen LogP contribution is -2.39. The molecular formula is C13H16ClN3O2. The summed E-state index contributed by atoms with van der Waals surface area (Å²) in [4.78, 5) is 17.1. The van der Waals surface area contributed by atoms with E-state index in [9.17, 15) is 4.79 Å². The molecule has 102 valence electrons. The van der Waals surface area contributed by atoms with E-state index in [1.54, 1.807) is 10.6 Å². The molecule has 1 fully saturated rings. The highest BCUT2D eigenvalue weighted by molar-refractivity contribution is 6.31. The second-order valence-corrected chi connectivity index (χ2v) is 5.13. The van der Waals surface area contributed by atoms with Gasteiger partial charge in [-0.3, -0.25) is 9.47 Å². The van der Waals surface area contributed by atoms with Crippen LogP contribution in [0.15, 0.2) is 23.0 Å². The summed E-state index contributed by atoms with van der Waals surface area (Å²) in [5.41, 5.74) is 1.62. The highest BCUT2D eigenvalue weighted by Crippen LogP contribution is 2.16. The molecule has 1 saturated heterocycles. The van der Waals surface area contributed by atoms with Crippen molar-refractivity contribution in [3.05, 3.63) is 33.7 Å². The molecule has 0 radical (unpaired) electrons. The standard InChI is InChI=1S/C13H16ClN3O2/c14-10-1-2-11-12(9-10)17(13(18)15-11)4-3-16-5-7-19-8-6-16/h1-2,9H,3-8H2,(H,15,18). The minimum atomic E-state index is -0.0782. The van der Waals surface area contributed by atoms with E-state index in [0.717, 1.165) is 43.9 Å². The maximum atomic E-state index is 11.9. The van der Waals surface area contributed by atoms with Crippen LogP contribution in [0.1, 0.15) is 0 Å². The molecule has 0 atom stereocenters. The summed E-state index contributed by atoms with van der Waals surface area (Å²) in [6, 6.07) is 5.45. The molecule has 0 aliphatic carbocycles. The van der Waals surface area contributed by atoms with Crippen molar-refractivity contribution >= 4 is 22.6 Å². The molecule has 3 rings (SSSR count). The van der Waals surface area contributed by atoms with Crippen LogP contribution < -0.4 is 5.69 Å². The van der Waals surface area contributed by atoms with Gasteiger partial charge in [-0.15, -0.1) is 0 Å². The van der Waals surface area contributed by atoms with Crippen molar-refractivity contribution in [3.8, 4) is 0 Å². The van der Waals surface area contributed by atoms with Gasteiger partial charge in [0.15, 0.2) is 0 Å². The third-order valence-corrected chi connectivity index (χ3v) is 3.72. The van der Waals surface area contributed by atoms with Crippen molar-refractivity contribution in [2.45, 2.75) is 6.54 Å². The molecule has 0 bridgehead atoms. The number of nitrogens with one attached hydrogen (secondary N) is 1. The minimum absolute atomic E-state index is 0.0782. The van der Waals surface area contributed by atoms with Gasteiger partial charge < -0.3 is 9.72 Å². The summed E-state index contributed by atoms with van der Waals surface area (Å²) in [7, 11) is 0. The summed E-state index contributed by atoms with van der Waals surface area (Å²) in [6.07, 6.45) is 0. The fraction of sp³-hybridized carbons (Fsp3) is 0.462. The molecule has 1 N–H and O–H groups in total. The Hall–Kier alpha value is -1.30. The van der Waals surface area contributed by atoms with Gasteiger partial charge in [-0.25, -0.2) is 4.79 Å². The highest BCUT2D eigenvalue weighted by atomic mass is 35.5. The number of ether oxygens (including phenoxy) is 1. The van der Waals surface area contributed by atoms with Gasteiger partial charge in [0, 0.05) is 31.2 Å². The fourth-order valence-electron chi connectivity index (χ4n) is 2.41. The first-order valence-corrected chi connectivity index (χ1v) is 6.80. The largest absolute Gasteiger partial charge is 0.379 e. The summed E-state index contributed by atoms with van der Waals surface area (Å²) < 4.78 is 7.06. The van der Waals surface area contributed by atoms with Gasteiger partial charge in [0.1, 0.15) is 0 Å². The Balaban J connectivity index is 1.81. The Morgan fingerprint density at radius 2 is 2.05 bits per heavy atom. The smallest absolute Gasteiger partial charge is 0.326 e. The molecule has 0 saturated carbocycles. The van der Waals surface area contributed by atoms with E-state index in [2.05, 4.69) is 9.88 Å². The average Bonchev–Trinajstić information content (AvgIpc) is 2.73.